The van der Waals surface area contributed by atoms with Gasteiger partial charge in [-0.05, 0) is 43.4 Å². The summed E-state index contributed by atoms with van der Waals surface area (Å²) in [4.78, 5) is 50.1. The number of carbonyl (C=O) groups is 3. The quantitative estimate of drug-likeness (QED) is 0.241. The Balaban J connectivity index is 1.51. The van der Waals surface area contributed by atoms with Gasteiger partial charge in [0.15, 0.2) is 5.82 Å². The highest BCUT2D eigenvalue weighted by molar-refractivity contribution is 6.31. The molecule has 3 atom stereocenters. The Hall–Kier alpha value is -3.64. The number of pyridine rings is 1. The normalized spacial score (nSPS) is 17.6. The van der Waals surface area contributed by atoms with Crippen molar-refractivity contribution in [3.63, 3.8) is 0 Å². The van der Waals surface area contributed by atoms with E-state index in [4.69, 9.17) is 16.4 Å². The van der Waals surface area contributed by atoms with Gasteiger partial charge in [0, 0.05) is 56.6 Å². The lowest BCUT2D eigenvalue weighted by Crippen LogP contribution is -2.56. The molecule has 0 radical (unpaired) electrons. The number of piperazine rings is 1. The number of amides is 3. The lowest BCUT2D eigenvalue weighted by Gasteiger charge is -2.37. The Labute approximate surface area is 249 Å². The first kappa shape index (κ1) is 31.3. The zero-order chi connectivity index (χ0) is 30.2. The van der Waals surface area contributed by atoms with E-state index in [-0.39, 0.29) is 60.7 Å². The van der Waals surface area contributed by atoms with E-state index in [1.54, 1.807) is 18.3 Å². The highest BCUT2D eigenvalue weighted by atomic mass is 35.5. The monoisotopic (exact) mass is 598 g/mol. The topological polar surface area (TPSA) is 107 Å². The second kappa shape index (κ2) is 14.5. The summed E-state index contributed by atoms with van der Waals surface area (Å²) in [5, 5.41) is 7.49. The van der Waals surface area contributed by atoms with Crippen LogP contribution in [0.15, 0.2) is 54.7 Å². The Morgan fingerprint density at radius 2 is 1.90 bits per heavy atom. The van der Waals surface area contributed by atoms with Crippen LogP contribution < -0.4 is 15.8 Å². The molecule has 1 fully saturated rings. The number of nitrogens with one attached hydrogen (secondary N) is 2. The molecular weight excluding hydrogens is 563 g/mol. The number of benzene rings is 2. The smallest absolute Gasteiger partial charge is 0.239 e. The first-order valence-electron chi connectivity index (χ1n) is 13.9. The highest BCUT2D eigenvalue weighted by Gasteiger charge is 2.28. The molecule has 2 heterocycles. The van der Waals surface area contributed by atoms with Crippen LogP contribution in [-0.4, -0.2) is 70.9 Å². The van der Waals surface area contributed by atoms with E-state index in [2.05, 4.69) is 15.7 Å². The van der Waals surface area contributed by atoms with Gasteiger partial charge in [-0.3, -0.25) is 24.2 Å². The first-order chi connectivity index (χ1) is 20.2. The van der Waals surface area contributed by atoms with Crippen LogP contribution in [0.2, 0.25) is 5.02 Å². The molecule has 10 nitrogen and oxygen atoms in total. The number of anilines is 1. The third-order valence-corrected chi connectivity index (χ3v) is 7.54. The summed E-state index contributed by atoms with van der Waals surface area (Å²) < 4.78 is 14.0. The summed E-state index contributed by atoms with van der Waals surface area (Å²) in [6.07, 6.45) is 2.53. The van der Waals surface area contributed by atoms with E-state index in [0.717, 1.165) is 15.8 Å². The molecule has 2 aromatic carbocycles. The molecule has 2 unspecified atom stereocenters. The van der Waals surface area contributed by atoms with Gasteiger partial charge in [-0.25, -0.2) is 14.8 Å². The van der Waals surface area contributed by atoms with Crippen molar-refractivity contribution < 1.29 is 23.6 Å². The predicted molar refractivity (Wildman–Crippen MR) is 159 cm³/mol. The lowest BCUT2D eigenvalue weighted by molar-refractivity contribution is -0.140. The number of halogens is 2. The van der Waals surface area contributed by atoms with Gasteiger partial charge in [0.25, 0.3) is 0 Å². The number of rotatable bonds is 12. The Morgan fingerprint density at radius 1 is 1.19 bits per heavy atom. The van der Waals surface area contributed by atoms with E-state index in [1.165, 1.54) is 24.1 Å². The maximum Gasteiger partial charge on any atom is 0.239 e. The standard InChI is InChI=1S/C30H36ClFN6O4/c1-20-16-36(17-21(2)35-20)29(41)12-11-26(38(22(3)40)34-15-25-9-6-10-27(32)30(25)31)18-42-37(19-39)28-13-23-7-4-5-8-24(23)14-33-28/h4-10,13-14,19-21,26,34-35H,11-12,15-18H2,1-3H3/t20?,21?,26-/m0/s1. The van der Waals surface area contributed by atoms with Crippen LogP contribution >= 0.6 is 11.6 Å². The molecule has 3 amide bonds. The molecule has 0 bridgehead atoms. The number of nitrogens with zero attached hydrogens (tertiary/aromatic N) is 4. The van der Waals surface area contributed by atoms with E-state index in [1.807, 2.05) is 43.0 Å². The summed E-state index contributed by atoms with van der Waals surface area (Å²) in [6.45, 7) is 6.53. The number of hydroxylamine groups is 1. The average Bonchev–Trinajstić information content (AvgIpc) is 2.96. The van der Waals surface area contributed by atoms with Crippen molar-refractivity contribution >= 4 is 46.4 Å². The van der Waals surface area contributed by atoms with Gasteiger partial charge in [0.2, 0.25) is 18.2 Å². The number of carbonyl (C=O) groups excluding carboxylic acids is 3. The van der Waals surface area contributed by atoms with E-state index >= 15 is 0 Å². The van der Waals surface area contributed by atoms with Crippen molar-refractivity contribution in [2.24, 2.45) is 0 Å². The summed E-state index contributed by atoms with van der Waals surface area (Å²) >= 11 is 6.13. The zero-order valence-corrected chi connectivity index (χ0v) is 24.7. The third kappa shape index (κ3) is 8.01. The SMILES string of the molecule is CC(=O)N(NCc1cccc(F)c1Cl)[C@@H](CCC(=O)N1CC(C)NC(C)C1)CON(C=O)c1cc2ccccc2cn1. The van der Waals surface area contributed by atoms with Crippen LogP contribution in [0.25, 0.3) is 10.8 Å². The van der Waals surface area contributed by atoms with Crippen molar-refractivity contribution in [2.75, 3.05) is 24.8 Å². The first-order valence-corrected chi connectivity index (χ1v) is 14.3. The summed E-state index contributed by atoms with van der Waals surface area (Å²) in [5.41, 5.74) is 3.48. The molecular formula is C30H36ClFN6O4. The second-order valence-corrected chi connectivity index (χ2v) is 10.9. The van der Waals surface area contributed by atoms with E-state index < -0.39 is 11.9 Å². The van der Waals surface area contributed by atoms with Crippen LogP contribution in [0.4, 0.5) is 10.2 Å². The van der Waals surface area contributed by atoms with Crippen LogP contribution in [0, 0.1) is 5.82 Å². The lowest BCUT2D eigenvalue weighted by atomic mass is 10.1. The minimum absolute atomic E-state index is 0.0414. The van der Waals surface area contributed by atoms with Gasteiger partial charge in [-0.1, -0.05) is 48.0 Å². The van der Waals surface area contributed by atoms with Gasteiger partial charge < -0.3 is 10.2 Å². The van der Waals surface area contributed by atoms with Gasteiger partial charge in [-0.2, -0.15) is 5.06 Å². The van der Waals surface area contributed by atoms with Gasteiger partial charge >= 0.3 is 0 Å². The maximum absolute atomic E-state index is 14.0. The second-order valence-electron chi connectivity index (χ2n) is 10.5. The highest BCUT2D eigenvalue weighted by Crippen LogP contribution is 2.22. The average molecular weight is 599 g/mol. The van der Waals surface area contributed by atoms with Crippen LogP contribution in [0.1, 0.15) is 39.2 Å². The Kier molecular flexibility index (Phi) is 10.8. The summed E-state index contributed by atoms with van der Waals surface area (Å²) in [7, 11) is 0. The van der Waals surface area contributed by atoms with Crippen LogP contribution in [0.5, 0.6) is 0 Å². The molecule has 2 N–H and O–H groups in total. The molecule has 1 saturated heterocycles. The minimum atomic E-state index is -0.667. The van der Waals surface area contributed by atoms with Gasteiger partial charge in [0.05, 0.1) is 17.7 Å². The molecule has 224 valence electrons. The van der Waals surface area contributed by atoms with E-state index in [9.17, 15) is 18.8 Å². The fourth-order valence-corrected chi connectivity index (χ4v) is 5.32. The fourth-order valence-electron chi connectivity index (χ4n) is 5.13. The molecule has 12 heteroatoms. The van der Waals surface area contributed by atoms with Gasteiger partial charge in [-0.15, -0.1) is 0 Å². The van der Waals surface area contributed by atoms with Crippen molar-refractivity contribution in [1.82, 2.24) is 25.6 Å². The largest absolute Gasteiger partial charge is 0.340 e. The Morgan fingerprint density at radius 3 is 2.60 bits per heavy atom. The van der Waals surface area contributed by atoms with E-state index in [0.29, 0.717) is 25.1 Å². The third-order valence-electron chi connectivity index (χ3n) is 7.12. The number of fused-ring (bicyclic) bond motifs is 1. The van der Waals surface area contributed by atoms with Crippen molar-refractivity contribution in [3.05, 3.63) is 71.1 Å². The maximum atomic E-state index is 14.0. The molecule has 3 aromatic rings. The van der Waals surface area contributed by atoms with Gasteiger partial charge in [0.1, 0.15) is 5.82 Å². The molecule has 0 spiro atoms. The van der Waals surface area contributed by atoms with Crippen LogP contribution in [-0.2, 0) is 25.8 Å². The number of hydrogen-bond donors (Lipinski definition) is 2. The molecule has 1 aliphatic heterocycles. The number of hydrazine groups is 1. The molecule has 1 aliphatic rings. The molecule has 4 rings (SSSR count). The molecule has 0 aliphatic carbocycles. The number of aromatic nitrogens is 1. The zero-order valence-electron chi connectivity index (χ0n) is 23.9. The molecule has 1 aromatic heterocycles. The van der Waals surface area contributed by atoms with Crippen molar-refractivity contribution in [3.8, 4) is 0 Å². The van der Waals surface area contributed by atoms with Crippen molar-refractivity contribution in [1.29, 1.82) is 0 Å². The van der Waals surface area contributed by atoms with Crippen LogP contribution in [0.3, 0.4) is 0 Å². The molecule has 0 saturated carbocycles. The minimum Gasteiger partial charge on any atom is -0.340 e. The Bertz CT molecular complexity index is 1400. The predicted octanol–water partition coefficient (Wildman–Crippen LogP) is 3.83. The molecule has 42 heavy (non-hydrogen) atoms. The summed E-state index contributed by atoms with van der Waals surface area (Å²) in [5.74, 6) is -0.689. The van der Waals surface area contributed by atoms with Crippen molar-refractivity contribution in [2.45, 2.75) is 58.3 Å². The fraction of sp³-hybridized carbons (Fsp3) is 0.400. The summed E-state index contributed by atoms with van der Waals surface area (Å²) in [6, 6.07) is 13.4. The number of hydrogen-bond acceptors (Lipinski definition) is 7.